The van der Waals surface area contributed by atoms with Crippen LogP contribution in [0.5, 0.6) is 0 Å². The summed E-state index contributed by atoms with van der Waals surface area (Å²) in [7, 11) is 0. The Morgan fingerprint density at radius 2 is 2.11 bits per heavy atom. The number of fused-ring (bicyclic) bond motifs is 2. The molecule has 1 aliphatic carbocycles. The largest absolute Gasteiger partial charge is 0.382 e. The van der Waals surface area contributed by atoms with E-state index in [9.17, 15) is 0 Å². The molecule has 3 heterocycles. The van der Waals surface area contributed by atoms with Gasteiger partial charge >= 0.3 is 0 Å². The van der Waals surface area contributed by atoms with Gasteiger partial charge in [0.05, 0.1) is 6.20 Å². The summed E-state index contributed by atoms with van der Waals surface area (Å²) in [6, 6.07) is 0.642. The topological polar surface area (TPSA) is 59.5 Å². The van der Waals surface area contributed by atoms with Gasteiger partial charge in [0, 0.05) is 25.0 Å². The standard InChI is InChI=1S/C14H19N5/c15-12-9-18-8-6-16-13(18)14(17-12)19-7-2-4-10-3-1-5-11(10)19/h6,8-11H,1-5,7,15H2. The van der Waals surface area contributed by atoms with Crippen LogP contribution in [-0.4, -0.2) is 27.0 Å². The quantitative estimate of drug-likeness (QED) is 0.849. The maximum absolute atomic E-state index is 5.94. The van der Waals surface area contributed by atoms with E-state index in [2.05, 4.69) is 14.9 Å². The Labute approximate surface area is 112 Å². The molecule has 0 amide bonds. The number of nitrogen functional groups attached to an aromatic ring is 1. The fraction of sp³-hybridized carbons (Fsp3) is 0.571. The molecule has 0 spiro atoms. The van der Waals surface area contributed by atoms with Crippen molar-refractivity contribution >= 4 is 17.3 Å². The van der Waals surface area contributed by atoms with Crippen LogP contribution in [0.4, 0.5) is 11.6 Å². The van der Waals surface area contributed by atoms with E-state index in [-0.39, 0.29) is 0 Å². The zero-order valence-corrected chi connectivity index (χ0v) is 11.0. The Balaban J connectivity index is 1.82. The van der Waals surface area contributed by atoms with Gasteiger partial charge in [0.25, 0.3) is 0 Å². The number of hydrogen-bond acceptors (Lipinski definition) is 4. The summed E-state index contributed by atoms with van der Waals surface area (Å²) in [4.78, 5) is 11.5. The summed E-state index contributed by atoms with van der Waals surface area (Å²) in [6.07, 6.45) is 12.2. The number of rotatable bonds is 1. The SMILES string of the molecule is Nc1cn2ccnc2c(N2CCCC3CCCC32)n1. The van der Waals surface area contributed by atoms with Gasteiger partial charge in [0.15, 0.2) is 11.5 Å². The lowest BCUT2D eigenvalue weighted by Gasteiger charge is -2.38. The minimum atomic E-state index is 0.570. The Morgan fingerprint density at radius 1 is 1.21 bits per heavy atom. The molecule has 19 heavy (non-hydrogen) atoms. The van der Waals surface area contributed by atoms with Crippen molar-refractivity contribution in [2.45, 2.75) is 38.1 Å². The minimum Gasteiger partial charge on any atom is -0.382 e. The van der Waals surface area contributed by atoms with Gasteiger partial charge in [-0.1, -0.05) is 6.42 Å². The molecule has 2 aromatic heterocycles. The molecule has 2 N–H and O–H groups in total. The highest BCUT2D eigenvalue weighted by atomic mass is 15.3. The number of nitrogens with two attached hydrogens (primary N) is 1. The molecule has 0 bridgehead atoms. The van der Waals surface area contributed by atoms with Crippen LogP contribution in [0.2, 0.25) is 0 Å². The molecular formula is C14H19N5. The number of piperidine rings is 1. The van der Waals surface area contributed by atoms with Crippen LogP contribution in [-0.2, 0) is 0 Å². The van der Waals surface area contributed by atoms with E-state index in [1.807, 2.05) is 23.0 Å². The van der Waals surface area contributed by atoms with Crippen LogP contribution in [0.3, 0.4) is 0 Å². The van der Waals surface area contributed by atoms with Crippen molar-refractivity contribution < 1.29 is 0 Å². The normalized spacial score (nSPS) is 26.8. The highest BCUT2D eigenvalue weighted by Crippen LogP contribution is 2.39. The minimum absolute atomic E-state index is 0.570. The van der Waals surface area contributed by atoms with Gasteiger partial charge in [0.2, 0.25) is 0 Å². The summed E-state index contributed by atoms with van der Waals surface area (Å²) in [5, 5.41) is 0. The summed E-state index contributed by atoms with van der Waals surface area (Å²) >= 11 is 0. The molecule has 2 atom stereocenters. The summed E-state index contributed by atoms with van der Waals surface area (Å²) in [5.74, 6) is 2.38. The van der Waals surface area contributed by atoms with Gasteiger partial charge in [-0.05, 0) is 31.6 Å². The lowest BCUT2D eigenvalue weighted by Crippen LogP contribution is -2.43. The number of anilines is 2. The van der Waals surface area contributed by atoms with Crippen molar-refractivity contribution in [2.24, 2.45) is 5.92 Å². The highest BCUT2D eigenvalue weighted by Gasteiger charge is 2.36. The van der Waals surface area contributed by atoms with Gasteiger partial charge in [-0.2, -0.15) is 0 Å². The second-order valence-electron chi connectivity index (χ2n) is 5.74. The van der Waals surface area contributed by atoms with E-state index in [4.69, 9.17) is 5.73 Å². The molecule has 1 saturated carbocycles. The van der Waals surface area contributed by atoms with Gasteiger partial charge in [-0.3, -0.25) is 0 Å². The summed E-state index contributed by atoms with van der Waals surface area (Å²) < 4.78 is 1.98. The fourth-order valence-corrected chi connectivity index (χ4v) is 3.84. The van der Waals surface area contributed by atoms with Gasteiger partial charge in [0.1, 0.15) is 5.82 Å². The third-order valence-corrected chi connectivity index (χ3v) is 4.64. The van der Waals surface area contributed by atoms with E-state index in [0.29, 0.717) is 11.9 Å². The first-order valence-electron chi connectivity index (χ1n) is 7.19. The molecule has 2 fully saturated rings. The van der Waals surface area contributed by atoms with E-state index < -0.39 is 0 Å². The molecule has 4 rings (SSSR count). The molecule has 100 valence electrons. The van der Waals surface area contributed by atoms with Crippen LogP contribution in [0.25, 0.3) is 5.65 Å². The first-order valence-corrected chi connectivity index (χ1v) is 7.19. The molecule has 2 aromatic rings. The van der Waals surface area contributed by atoms with Gasteiger partial charge < -0.3 is 15.0 Å². The predicted octanol–water partition coefficient (Wildman–Crippen LogP) is 2.08. The van der Waals surface area contributed by atoms with Crippen molar-refractivity contribution in [3.8, 4) is 0 Å². The Hall–Kier alpha value is -1.78. The molecule has 2 unspecified atom stereocenters. The number of imidazole rings is 1. The number of hydrogen-bond donors (Lipinski definition) is 1. The third kappa shape index (κ3) is 1.68. The monoisotopic (exact) mass is 257 g/mol. The first-order chi connectivity index (χ1) is 9.33. The average molecular weight is 257 g/mol. The van der Waals surface area contributed by atoms with Crippen molar-refractivity contribution in [2.75, 3.05) is 17.2 Å². The Kier molecular flexibility index (Phi) is 2.40. The molecule has 1 aliphatic heterocycles. The van der Waals surface area contributed by atoms with E-state index in [1.165, 1.54) is 32.1 Å². The second kappa shape index (κ2) is 4.11. The molecule has 5 heteroatoms. The molecule has 0 aromatic carbocycles. The average Bonchev–Trinajstić information content (AvgIpc) is 3.04. The maximum Gasteiger partial charge on any atom is 0.180 e. The van der Waals surface area contributed by atoms with E-state index >= 15 is 0 Å². The zero-order valence-electron chi connectivity index (χ0n) is 11.0. The molecular weight excluding hydrogens is 238 g/mol. The number of nitrogens with zero attached hydrogens (tertiary/aromatic N) is 4. The zero-order chi connectivity index (χ0) is 12.8. The van der Waals surface area contributed by atoms with Gasteiger partial charge in [-0.25, -0.2) is 9.97 Å². The van der Waals surface area contributed by atoms with Crippen molar-refractivity contribution in [1.29, 1.82) is 0 Å². The maximum atomic E-state index is 5.94. The van der Waals surface area contributed by atoms with Crippen LogP contribution >= 0.6 is 0 Å². The van der Waals surface area contributed by atoms with Crippen LogP contribution in [0, 0.1) is 5.92 Å². The molecule has 5 nitrogen and oxygen atoms in total. The van der Waals surface area contributed by atoms with Crippen LogP contribution in [0.1, 0.15) is 32.1 Å². The first kappa shape index (κ1) is 11.1. The Morgan fingerprint density at radius 3 is 3.05 bits per heavy atom. The number of aromatic nitrogens is 3. The van der Waals surface area contributed by atoms with E-state index in [1.54, 1.807) is 0 Å². The van der Waals surface area contributed by atoms with Crippen molar-refractivity contribution in [3.63, 3.8) is 0 Å². The summed E-state index contributed by atoms with van der Waals surface area (Å²) in [6.45, 7) is 1.08. The fourth-order valence-electron chi connectivity index (χ4n) is 3.84. The second-order valence-corrected chi connectivity index (χ2v) is 5.74. The van der Waals surface area contributed by atoms with Crippen molar-refractivity contribution in [1.82, 2.24) is 14.4 Å². The predicted molar refractivity (Wildman–Crippen MR) is 75.1 cm³/mol. The van der Waals surface area contributed by atoms with Gasteiger partial charge in [-0.15, -0.1) is 0 Å². The highest BCUT2D eigenvalue weighted by molar-refractivity contribution is 5.67. The van der Waals surface area contributed by atoms with Crippen LogP contribution < -0.4 is 10.6 Å². The summed E-state index contributed by atoms with van der Waals surface area (Å²) in [5.41, 5.74) is 6.87. The van der Waals surface area contributed by atoms with E-state index in [0.717, 1.165) is 23.9 Å². The molecule has 0 radical (unpaired) electrons. The molecule has 1 saturated heterocycles. The third-order valence-electron chi connectivity index (χ3n) is 4.64. The smallest absolute Gasteiger partial charge is 0.180 e. The Bertz CT molecular complexity index is 605. The lowest BCUT2D eigenvalue weighted by molar-refractivity contribution is 0.361. The van der Waals surface area contributed by atoms with Crippen LogP contribution in [0.15, 0.2) is 18.6 Å². The lowest BCUT2D eigenvalue weighted by atomic mass is 9.92. The molecule has 2 aliphatic rings. The van der Waals surface area contributed by atoms with Crippen molar-refractivity contribution in [3.05, 3.63) is 18.6 Å².